The highest BCUT2D eigenvalue weighted by molar-refractivity contribution is 5.40. The van der Waals surface area contributed by atoms with Crippen LogP contribution >= 0.6 is 0 Å². The molecule has 0 amide bonds. The van der Waals surface area contributed by atoms with Crippen LogP contribution in [-0.4, -0.2) is 0 Å². The lowest BCUT2D eigenvalue weighted by Crippen LogP contribution is -2.19. The average Bonchev–Trinajstić information content (AvgIpc) is 2.22. The van der Waals surface area contributed by atoms with Gasteiger partial charge in [0.1, 0.15) is 11.6 Å². The van der Waals surface area contributed by atoms with E-state index in [-0.39, 0.29) is 16.7 Å². The number of benzene rings is 1. The molecular weight excluding hydrogens is 227 g/mol. The molecule has 0 bridgehead atoms. The van der Waals surface area contributed by atoms with Crippen LogP contribution in [0.2, 0.25) is 0 Å². The van der Waals surface area contributed by atoms with Gasteiger partial charge in [-0.25, -0.2) is 13.2 Å². The second-order valence-corrected chi connectivity index (χ2v) is 4.33. The van der Waals surface area contributed by atoms with Gasteiger partial charge in [-0.3, -0.25) is 0 Å². The molecule has 0 saturated heterocycles. The molecule has 0 saturated carbocycles. The normalized spacial score (nSPS) is 16.4. The third-order valence-electron chi connectivity index (χ3n) is 2.84. The van der Waals surface area contributed by atoms with Gasteiger partial charge in [0.25, 0.3) is 0 Å². The van der Waals surface area contributed by atoms with E-state index in [9.17, 15) is 13.2 Å². The fraction of sp³-hybridized carbons (Fsp3) is 0.385. The summed E-state index contributed by atoms with van der Waals surface area (Å²) in [4.78, 5) is 0. The molecule has 2 N–H and O–H groups in total. The zero-order chi connectivity index (χ0) is 13.4. The van der Waals surface area contributed by atoms with Crippen LogP contribution < -0.4 is 5.73 Å². The molecule has 0 aliphatic heterocycles. The first-order chi connectivity index (χ1) is 7.72. The van der Waals surface area contributed by atoms with E-state index < -0.39 is 23.3 Å². The van der Waals surface area contributed by atoms with Crippen molar-refractivity contribution in [3.8, 4) is 0 Å². The molecule has 2 atom stereocenters. The van der Waals surface area contributed by atoms with Crippen LogP contribution in [0.3, 0.4) is 0 Å². The molecule has 1 aromatic rings. The fourth-order valence-electron chi connectivity index (χ4n) is 1.81. The van der Waals surface area contributed by atoms with E-state index in [1.54, 1.807) is 6.92 Å². The number of alkyl halides is 1. The minimum Gasteiger partial charge on any atom is -0.324 e. The molecule has 0 aromatic heterocycles. The maximum absolute atomic E-state index is 14.0. The van der Waals surface area contributed by atoms with Crippen molar-refractivity contribution in [2.75, 3.05) is 0 Å². The van der Waals surface area contributed by atoms with E-state index >= 15 is 0 Å². The highest BCUT2D eigenvalue weighted by Crippen LogP contribution is 2.35. The van der Waals surface area contributed by atoms with Crippen molar-refractivity contribution in [3.05, 3.63) is 47.0 Å². The van der Waals surface area contributed by atoms with Crippen LogP contribution in [0.5, 0.6) is 0 Å². The van der Waals surface area contributed by atoms with Crippen molar-refractivity contribution >= 4 is 0 Å². The van der Waals surface area contributed by atoms with Crippen LogP contribution in [0.4, 0.5) is 13.2 Å². The lowest BCUT2D eigenvalue weighted by Gasteiger charge is -2.22. The predicted molar refractivity (Wildman–Crippen MR) is 62.4 cm³/mol. The third kappa shape index (κ3) is 2.36. The molecule has 0 fully saturated rings. The molecule has 94 valence electrons. The molecule has 17 heavy (non-hydrogen) atoms. The quantitative estimate of drug-likeness (QED) is 0.805. The summed E-state index contributed by atoms with van der Waals surface area (Å²) in [6.07, 6.45) is 0.948. The van der Waals surface area contributed by atoms with Gasteiger partial charge in [-0.1, -0.05) is 12.7 Å². The molecule has 1 nitrogen and oxygen atoms in total. The molecule has 4 heteroatoms. The van der Waals surface area contributed by atoms with Crippen molar-refractivity contribution in [1.82, 2.24) is 0 Å². The summed E-state index contributed by atoms with van der Waals surface area (Å²) in [7, 11) is 0. The highest BCUT2D eigenvalue weighted by atomic mass is 19.1. The Kier molecular flexibility index (Phi) is 3.67. The number of hydrogen-bond acceptors (Lipinski definition) is 1. The smallest absolute Gasteiger partial charge is 0.154 e. The number of halogens is 3. The topological polar surface area (TPSA) is 26.0 Å². The molecule has 1 aromatic carbocycles. The van der Waals surface area contributed by atoms with Gasteiger partial charge in [-0.15, -0.1) is 0 Å². The summed E-state index contributed by atoms with van der Waals surface area (Å²) in [5.41, 5.74) is 3.07. The van der Waals surface area contributed by atoms with Gasteiger partial charge in [0.05, 0.1) is 0 Å². The average molecular weight is 243 g/mol. The Morgan fingerprint density at radius 3 is 2.41 bits per heavy atom. The number of allylic oxidation sites excluding steroid dienone is 1. The first-order valence-electron chi connectivity index (χ1n) is 5.29. The maximum Gasteiger partial charge on any atom is 0.154 e. The summed E-state index contributed by atoms with van der Waals surface area (Å²) in [5, 5.41) is 0. The van der Waals surface area contributed by atoms with Crippen LogP contribution in [0.25, 0.3) is 0 Å². The largest absolute Gasteiger partial charge is 0.324 e. The van der Waals surface area contributed by atoms with Gasteiger partial charge in [-0.2, -0.15) is 0 Å². The zero-order valence-electron chi connectivity index (χ0n) is 10.2. The molecule has 0 spiro atoms. The summed E-state index contributed by atoms with van der Waals surface area (Å²) >= 11 is 0. The molecule has 2 unspecified atom stereocenters. The number of rotatable bonds is 3. The summed E-state index contributed by atoms with van der Waals surface area (Å²) in [6, 6.07) is 0.302. The van der Waals surface area contributed by atoms with Crippen LogP contribution in [-0.2, 0) is 5.67 Å². The van der Waals surface area contributed by atoms with E-state index in [0.29, 0.717) is 0 Å². The Bertz CT molecular complexity index is 450. The molecule has 0 heterocycles. The van der Waals surface area contributed by atoms with Gasteiger partial charge in [-0.05, 0) is 32.4 Å². The SMILES string of the molecule is C=CC(C)(F)c1c(F)cc(C(C)N)c(F)c1C. The van der Waals surface area contributed by atoms with Gasteiger partial charge in [0, 0.05) is 17.2 Å². The Labute approximate surface area is 99.1 Å². The zero-order valence-corrected chi connectivity index (χ0v) is 10.2. The molecular formula is C13H16F3N. The highest BCUT2D eigenvalue weighted by Gasteiger charge is 2.30. The van der Waals surface area contributed by atoms with E-state index in [1.807, 2.05) is 0 Å². The van der Waals surface area contributed by atoms with Gasteiger partial charge in [0.2, 0.25) is 0 Å². The monoisotopic (exact) mass is 243 g/mol. The Morgan fingerprint density at radius 1 is 1.47 bits per heavy atom. The maximum atomic E-state index is 14.0. The summed E-state index contributed by atoms with van der Waals surface area (Å²) in [5.74, 6) is -1.47. The minimum absolute atomic E-state index is 0.0450. The lowest BCUT2D eigenvalue weighted by molar-refractivity contribution is 0.252. The predicted octanol–water partition coefficient (Wildman–Crippen LogP) is 3.66. The van der Waals surface area contributed by atoms with E-state index in [1.165, 1.54) is 6.92 Å². The number of hydrogen-bond donors (Lipinski definition) is 1. The molecule has 0 aliphatic carbocycles. The molecule has 1 rings (SSSR count). The summed E-state index contributed by atoms with van der Waals surface area (Å²) < 4.78 is 41.8. The number of nitrogens with two attached hydrogens (primary N) is 1. The Morgan fingerprint density at radius 2 is 2.00 bits per heavy atom. The van der Waals surface area contributed by atoms with Gasteiger partial charge >= 0.3 is 0 Å². The van der Waals surface area contributed by atoms with Crippen LogP contribution in [0.15, 0.2) is 18.7 Å². The Balaban J connectivity index is 3.57. The van der Waals surface area contributed by atoms with E-state index in [4.69, 9.17) is 5.73 Å². The molecule has 0 radical (unpaired) electrons. The van der Waals surface area contributed by atoms with Crippen molar-refractivity contribution in [1.29, 1.82) is 0 Å². The second kappa shape index (κ2) is 4.53. The van der Waals surface area contributed by atoms with Crippen molar-refractivity contribution < 1.29 is 13.2 Å². The summed E-state index contributed by atoms with van der Waals surface area (Å²) in [6.45, 7) is 7.30. The van der Waals surface area contributed by atoms with Gasteiger partial charge in [0.15, 0.2) is 5.67 Å². The first-order valence-corrected chi connectivity index (χ1v) is 5.29. The lowest BCUT2D eigenvalue weighted by atomic mass is 9.90. The standard InChI is InChI=1S/C13H16F3N/c1-5-13(4,16)11-7(2)12(15)9(8(3)17)6-10(11)14/h5-6,8H,1,17H2,2-4H3. The van der Waals surface area contributed by atoms with E-state index in [0.717, 1.165) is 19.1 Å². The van der Waals surface area contributed by atoms with Crippen molar-refractivity contribution in [2.45, 2.75) is 32.5 Å². The first kappa shape index (κ1) is 13.8. The van der Waals surface area contributed by atoms with E-state index in [2.05, 4.69) is 6.58 Å². The van der Waals surface area contributed by atoms with Crippen molar-refractivity contribution in [2.24, 2.45) is 5.73 Å². The van der Waals surface area contributed by atoms with Crippen molar-refractivity contribution in [3.63, 3.8) is 0 Å². The third-order valence-corrected chi connectivity index (χ3v) is 2.84. The minimum atomic E-state index is -2.11. The van der Waals surface area contributed by atoms with Crippen LogP contribution in [0.1, 0.15) is 36.6 Å². The van der Waals surface area contributed by atoms with Gasteiger partial charge < -0.3 is 5.73 Å². The fourth-order valence-corrected chi connectivity index (χ4v) is 1.81. The van der Waals surface area contributed by atoms with Crippen LogP contribution in [0, 0.1) is 18.6 Å². The molecule has 0 aliphatic rings. The Hall–Kier alpha value is -1.29. The second-order valence-electron chi connectivity index (χ2n) is 4.33.